The number of aryl methyl sites for hydroxylation is 2. The van der Waals surface area contributed by atoms with Crippen LogP contribution >= 0.6 is 0 Å². The zero-order valence-electron chi connectivity index (χ0n) is 14.5. The van der Waals surface area contributed by atoms with Crippen molar-refractivity contribution in [1.29, 1.82) is 0 Å². The highest BCUT2D eigenvalue weighted by molar-refractivity contribution is 4.75. The van der Waals surface area contributed by atoms with Crippen LogP contribution in [0.15, 0.2) is 37.4 Å². The molecule has 0 aliphatic carbocycles. The molecule has 2 rings (SSSR count). The summed E-state index contributed by atoms with van der Waals surface area (Å²) in [6.07, 6.45) is 19.3. The summed E-state index contributed by atoms with van der Waals surface area (Å²) in [6, 6.07) is 0. The van der Waals surface area contributed by atoms with Crippen molar-refractivity contribution in [2.24, 2.45) is 0 Å². The molecule has 0 atom stereocenters. The van der Waals surface area contributed by atoms with Gasteiger partial charge in [0.25, 0.3) is 0 Å². The molecule has 0 aliphatic rings. The van der Waals surface area contributed by atoms with Gasteiger partial charge < -0.3 is 14.0 Å². The Labute approximate surface area is 140 Å². The summed E-state index contributed by atoms with van der Waals surface area (Å²) in [6.45, 7) is 7.98. The minimum absolute atomic E-state index is 1.06. The van der Waals surface area contributed by atoms with Gasteiger partial charge in [0.1, 0.15) is 0 Å². The Morgan fingerprint density at radius 2 is 1.30 bits per heavy atom. The lowest BCUT2D eigenvalue weighted by atomic mass is 10.2. The van der Waals surface area contributed by atoms with E-state index in [1.165, 1.54) is 58.2 Å². The number of rotatable bonds is 13. The van der Waals surface area contributed by atoms with Gasteiger partial charge in [-0.2, -0.15) is 0 Å². The number of nitrogens with zero attached hydrogens (tertiary/aromatic N) is 5. The van der Waals surface area contributed by atoms with Crippen molar-refractivity contribution in [2.75, 3.05) is 19.6 Å². The Balaban J connectivity index is 1.66. The van der Waals surface area contributed by atoms with Gasteiger partial charge in [-0.1, -0.05) is 26.2 Å². The average Bonchev–Trinajstić information content (AvgIpc) is 3.24. The Kier molecular flexibility index (Phi) is 8.48. The van der Waals surface area contributed by atoms with Gasteiger partial charge in [0.05, 0.1) is 12.7 Å². The molecule has 0 saturated carbocycles. The number of hydrogen-bond donors (Lipinski definition) is 0. The van der Waals surface area contributed by atoms with Crippen LogP contribution in [-0.4, -0.2) is 43.6 Å². The van der Waals surface area contributed by atoms with Crippen LogP contribution in [0.4, 0.5) is 0 Å². The standard InChI is InChI=1S/C18H31N5/c1-2-3-4-5-10-21(11-6-13-22-15-8-19-17-22)12-7-14-23-16-9-20-18-23/h8-9,15-18H,2-7,10-14H2,1H3. The van der Waals surface area contributed by atoms with E-state index in [1.54, 1.807) is 0 Å². The molecule has 2 aromatic heterocycles. The summed E-state index contributed by atoms with van der Waals surface area (Å²) < 4.78 is 4.33. The molecule has 0 N–H and O–H groups in total. The summed E-state index contributed by atoms with van der Waals surface area (Å²) in [4.78, 5) is 10.8. The molecule has 0 aliphatic heterocycles. The monoisotopic (exact) mass is 317 g/mol. The van der Waals surface area contributed by atoms with Gasteiger partial charge in [-0.25, -0.2) is 9.97 Å². The number of aromatic nitrogens is 4. The molecule has 0 saturated heterocycles. The van der Waals surface area contributed by atoms with Crippen molar-refractivity contribution < 1.29 is 0 Å². The second-order valence-corrected chi connectivity index (χ2v) is 6.21. The van der Waals surface area contributed by atoms with Gasteiger partial charge in [0.15, 0.2) is 0 Å². The highest BCUT2D eigenvalue weighted by atomic mass is 15.1. The van der Waals surface area contributed by atoms with Crippen molar-refractivity contribution in [3.63, 3.8) is 0 Å². The van der Waals surface area contributed by atoms with E-state index in [1.807, 2.05) is 37.4 Å². The fourth-order valence-electron chi connectivity index (χ4n) is 2.89. The normalized spacial score (nSPS) is 11.4. The SMILES string of the molecule is CCCCCCN(CCCn1ccnc1)CCCn1ccnc1. The van der Waals surface area contributed by atoms with E-state index in [0.717, 1.165) is 13.1 Å². The molecular formula is C18H31N5. The minimum Gasteiger partial charge on any atom is -0.337 e. The lowest BCUT2D eigenvalue weighted by molar-refractivity contribution is 0.251. The van der Waals surface area contributed by atoms with Crippen molar-refractivity contribution in [3.8, 4) is 0 Å². The number of unbranched alkanes of at least 4 members (excludes halogenated alkanes) is 3. The number of imidazole rings is 2. The second-order valence-electron chi connectivity index (χ2n) is 6.21. The molecule has 5 heteroatoms. The first-order valence-electron chi connectivity index (χ1n) is 9.02. The second kappa shape index (κ2) is 11.0. The Morgan fingerprint density at radius 3 is 1.78 bits per heavy atom. The molecule has 0 radical (unpaired) electrons. The van der Waals surface area contributed by atoms with Gasteiger partial charge >= 0.3 is 0 Å². The molecule has 0 fully saturated rings. The predicted molar refractivity (Wildman–Crippen MR) is 94.3 cm³/mol. The van der Waals surface area contributed by atoms with Crippen molar-refractivity contribution >= 4 is 0 Å². The fraction of sp³-hybridized carbons (Fsp3) is 0.667. The van der Waals surface area contributed by atoms with Crippen LogP contribution in [0.1, 0.15) is 45.4 Å². The molecule has 23 heavy (non-hydrogen) atoms. The maximum absolute atomic E-state index is 4.11. The minimum atomic E-state index is 1.06. The molecule has 2 aromatic rings. The van der Waals surface area contributed by atoms with Gasteiger partial charge in [0, 0.05) is 37.9 Å². The summed E-state index contributed by atoms with van der Waals surface area (Å²) in [5, 5.41) is 0. The van der Waals surface area contributed by atoms with Crippen LogP contribution in [0.2, 0.25) is 0 Å². The maximum Gasteiger partial charge on any atom is 0.0945 e. The van der Waals surface area contributed by atoms with E-state index in [0.29, 0.717) is 0 Å². The van der Waals surface area contributed by atoms with Crippen molar-refractivity contribution in [2.45, 2.75) is 58.5 Å². The molecule has 0 aromatic carbocycles. The van der Waals surface area contributed by atoms with E-state index in [4.69, 9.17) is 0 Å². The van der Waals surface area contributed by atoms with Crippen LogP contribution in [0.3, 0.4) is 0 Å². The Morgan fingerprint density at radius 1 is 0.739 bits per heavy atom. The van der Waals surface area contributed by atoms with Crippen molar-refractivity contribution in [1.82, 2.24) is 24.0 Å². The average molecular weight is 317 g/mol. The van der Waals surface area contributed by atoms with Gasteiger partial charge in [-0.3, -0.25) is 0 Å². The molecule has 0 spiro atoms. The van der Waals surface area contributed by atoms with Crippen LogP contribution in [0.5, 0.6) is 0 Å². The molecule has 5 nitrogen and oxygen atoms in total. The Hall–Kier alpha value is -1.62. The quantitative estimate of drug-likeness (QED) is 0.531. The first-order chi connectivity index (χ1) is 11.4. The smallest absolute Gasteiger partial charge is 0.0945 e. The van der Waals surface area contributed by atoms with Crippen LogP contribution < -0.4 is 0 Å². The maximum atomic E-state index is 4.11. The largest absolute Gasteiger partial charge is 0.337 e. The molecule has 0 bridgehead atoms. The van der Waals surface area contributed by atoms with E-state index >= 15 is 0 Å². The van der Waals surface area contributed by atoms with Crippen LogP contribution in [0, 0.1) is 0 Å². The molecule has 2 heterocycles. The summed E-state index contributed by atoms with van der Waals surface area (Å²) in [7, 11) is 0. The molecule has 0 amide bonds. The van der Waals surface area contributed by atoms with Gasteiger partial charge in [-0.15, -0.1) is 0 Å². The third-order valence-corrected chi connectivity index (χ3v) is 4.23. The highest BCUT2D eigenvalue weighted by Gasteiger charge is 2.05. The zero-order chi connectivity index (χ0) is 16.2. The van der Waals surface area contributed by atoms with Crippen LogP contribution in [0.25, 0.3) is 0 Å². The van der Waals surface area contributed by atoms with E-state index in [2.05, 4.69) is 30.9 Å². The topological polar surface area (TPSA) is 38.9 Å². The predicted octanol–water partition coefficient (Wildman–Crippen LogP) is 3.44. The third-order valence-electron chi connectivity index (χ3n) is 4.23. The van der Waals surface area contributed by atoms with Crippen molar-refractivity contribution in [3.05, 3.63) is 37.4 Å². The fourth-order valence-corrected chi connectivity index (χ4v) is 2.89. The lowest BCUT2D eigenvalue weighted by Gasteiger charge is -2.22. The number of hydrogen-bond acceptors (Lipinski definition) is 3. The summed E-state index contributed by atoms with van der Waals surface area (Å²) >= 11 is 0. The molecule has 128 valence electrons. The van der Waals surface area contributed by atoms with E-state index in [-0.39, 0.29) is 0 Å². The highest BCUT2D eigenvalue weighted by Crippen LogP contribution is 2.05. The lowest BCUT2D eigenvalue weighted by Crippen LogP contribution is -2.28. The van der Waals surface area contributed by atoms with Crippen LogP contribution in [-0.2, 0) is 13.1 Å². The Bertz CT molecular complexity index is 437. The zero-order valence-corrected chi connectivity index (χ0v) is 14.5. The third kappa shape index (κ3) is 7.46. The molecular weight excluding hydrogens is 286 g/mol. The summed E-state index contributed by atoms with van der Waals surface area (Å²) in [5.74, 6) is 0. The van der Waals surface area contributed by atoms with E-state index < -0.39 is 0 Å². The van der Waals surface area contributed by atoms with Gasteiger partial charge in [-0.05, 0) is 38.9 Å². The summed E-state index contributed by atoms with van der Waals surface area (Å²) in [5.41, 5.74) is 0. The van der Waals surface area contributed by atoms with E-state index in [9.17, 15) is 0 Å². The first kappa shape index (κ1) is 17.7. The van der Waals surface area contributed by atoms with Gasteiger partial charge in [0.2, 0.25) is 0 Å². The first-order valence-corrected chi connectivity index (χ1v) is 9.02. The molecule has 0 unspecified atom stereocenters.